The van der Waals surface area contributed by atoms with Gasteiger partial charge in [0.05, 0.1) is 11.6 Å². The number of halogens is 2. The summed E-state index contributed by atoms with van der Waals surface area (Å²) in [6, 6.07) is 4.69. The predicted octanol–water partition coefficient (Wildman–Crippen LogP) is 3.28. The molecule has 1 atom stereocenters. The number of hydrogen-bond donors (Lipinski definition) is 0. The number of ketones is 1. The van der Waals surface area contributed by atoms with Crippen LogP contribution in [-0.2, 0) is 14.3 Å². The number of esters is 1. The molecular weight excluding hydrogens is 291 g/mol. The molecular formula is C13H14Cl2O4. The van der Waals surface area contributed by atoms with E-state index in [2.05, 4.69) is 0 Å². The smallest absolute Gasteiger partial charge is 0.313 e. The molecule has 1 aromatic rings. The molecule has 104 valence electrons. The SMILES string of the molecule is CCOC(=O)CC(=O)C(C)Oc1ccc(Cl)cc1Cl. The zero-order chi connectivity index (χ0) is 14.4. The van der Waals surface area contributed by atoms with Gasteiger partial charge >= 0.3 is 5.97 Å². The molecule has 0 aliphatic carbocycles. The van der Waals surface area contributed by atoms with Gasteiger partial charge in [0.1, 0.15) is 12.2 Å². The van der Waals surface area contributed by atoms with Crippen molar-refractivity contribution < 1.29 is 19.1 Å². The minimum Gasteiger partial charge on any atom is -0.481 e. The van der Waals surface area contributed by atoms with E-state index in [1.165, 1.54) is 6.07 Å². The first kappa shape index (κ1) is 15.8. The normalized spacial score (nSPS) is 11.8. The Morgan fingerprint density at radius 3 is 2.58 bits per heavy atom. The van der Waals surface area contributed by atoms with Crippen LogP contribution in [0.3, 0.4) is 0 Å². The van der Waals surface area contributed by atoms with E-state index in [1.54, 1.807) is 26.0 Å². The zero-order valence-electron chi connectivity index (χ0n) is 10.6. The molecule has 0 fully saturated rings. The lowest BCUT2D eigenvalue weighted by atomic mass is 10.2. The molecule has 0 bridgehead atoms. The van der Waals surface area contributed by atoms with Crippen LogP contribution >= 0.6 is 23.2 Å². The van der Waals surface area contributed by atoms with Crippen molar-refractivity contribution in [2.75, 3.05) is 6.61 Å². The van der Waals surface area contributed by atoms with Crippen LogP contribution in [0.25, 0.3) is 0 Å². The fraction of sp³-hybridized carbons (Fsp3) is 0.385. The average molecular weight is 305 g/mol. The van der Waals surface area contributed by atoms with E-state index in [1.807, 2.05) is 0 Å². The fourth-order valence-electron chi connectivity index (χ4n) is 1.32. The second-order valence-electron chi connectivity index (χ2n) is 3.78. The average Bonchev–Trinajstić information content (AvgIpc) is 2.32. The van der Waals surface area contributed by atoms with Gasteiger partial charge in [-0.05, 0) is 32.0 Å². The molecule has 19 heavy (non-hydrogen) atoms. The highest BCUT2D eigenvalue weighted by molar-refractivity contribution is 6.35. The molecule has 0 aromatic heterocycles. The maximum atomic E-state index is 11.7. The van der Waals surface area contributed by atoms with Crippen molar-refractivity contribution in [1.82, 2.24) is 0 Å². The first-order valence-electron chi connectivity index (χ1n) is 5.74. The van der Waals surface area contributed by atoms with Gasteiger partial charge in [0, 0.05) is 5.02 Å². The minimum atomic E-state index is -0.789. The van der Waals surface area contributed by atoms with Crippen LogP contribution in [0.5, 0.6) is 5.75 Å². The lowest BCUT2D eigenvalue weighted by Crippen LogP contribution is -2.26. The molecule has 1 aromatic carbocycles. The Balaban J connectivity index is 2.61. The molecule has 0 amide bonds. The second-order valence-corrected chi connectivity index (χ2v) is 4.63. The fourth-order valence-corrected chi connectivity index (χ4v) is 1.78. The van der Waals surface area contributed by atoms with E-state index in [0.29, 0.717) is 15.8 Å². The summed E-state index contributed by atoms with van der Waals surface area (Å²) in [6.45, 7) is 3.46. The highest BCUT2D eigenvalue weighted by atomic mass is 35.5. The van der Waals surface area contributed by atoms with Gasteiger partial charge in [-0.1, -0.05) is 23.2 Å². The minimum absolute atomic E-state index is 0.240. The number of rotatable bonds is 6. The monoisotopic (exact) mass is 304 g/mol. The Labute approximate surface area is 121 Å². The Kier molecular flexibility index (Phi) is 6.12. The van der Waals surface area contributed by atoms with E-state index >= 15 is 0 Å². The molecule has 0 heterocycles. The third kappa shape index (κ3) is 5.09. The first-order valence-corrected chi connectivity index (χ1v) is 6.49. The third-order valence-electron chi connectivity index (χ3n) is 2.27. The van der Waals surface area contributed by atoms with Crippen molar-refractivity contribution in [3.8, 4) is 5.75 Å². The molecule has 1 rings (SSSR count). The van der Waals surface area contributed by atoms with Crippen molar-refractivity contribution >= 4 is 35.0 Å². The molecule has 4 nitrogen and oxygen atoms in total. The Hall–Kier alpha value is -1.26. The van der Waals surface area contributed by atoms with Crippen molar-refractivity contribution in [3.05, 3.63) is 28.2 Å². The first-order chi connectivity index (χ1) is 8.93. The van der Waals surface area contributed by atoms with Crippen molar-refractivity contribution in [2.45, 2.75) is 26.4 Å². The van der Waals surface area contributed by atoms with Crippen LogP contribution in [0, 0.1) is 0 Å². The zero-order valence-corrected chi connectivity index (χ0v) is 12.1. The number of Topliss-reactive ketones (excluding diaryl/α,β-unsaturated/α-hetero) is 1. The Bertz CT molecular complexity index is 474. The lowest BCUT2D eigenvalue weighted by molar-refractivity contribution is -0.146. The molecule has 0 saturated carbocycles. The molecule has 0 aliphatic rings. The highest BCUT2D eigenvalue weighted by Crippen LogP contribution is 2.28. The van der Waals surface area contributed by atoms with E-state index in [-0.39, 0.29) is 18.8 Å². The number of carbonyl (C=O) groups is 2. The van der Waals surface area contributed by atoms with Crippen LogP contribution in [0.15, 0.2) is 18.2 Å². The second kappa shape index (κ2) is 7.36. The number of carbonyl (C=O) groups excluding carboxylic acids is 2. The number of benzene rings is 1. The molecule has 6 heteroatoms. The largest absolute Gasteiger partial charge is 0.481 e. The molecule has 1 unspecified atom stereocenters. The molecule has 0 radical (unpaired) electrons. The third-order valence-corrected chi connectivity index (χ3v) is 2.81. The van der Waals surface area contributed by atoms with Crippen LogP contribution in [-0.4, -0.2) is 24.5 Å². The Morgan fingerprint density at radius 2 is 2.00 bits per heavy atom. The summed E-state index contributed by atoms with van der Waals surface area (Å²) < 4.78 is 10.1. The van der Waals surface area contributed by atoms with E-state index in [0.717, 1.165) is 0 Å². The summed E-state index contributed by atoms with van der Waals surface area (Å²) in [6.07, 6.45) is -1.11. The van der Waals surface area contributed by atoms with Gasteiger partial charge in [-0.15, -0.1) is 0 Å². The van der Waals surface area contributed by atoms with Gasteiger partial charge in [0.15, 0.2) is 11.9 Å². The summed E-state index contributed by atoms with van der Waals surface area (Å²) in [5.41, 5.74) is 0. The van der Waals surface area contributed by atoms with Crippen molar-refractivity contribution in [3.63, 3.8) is 0 Å². The summed E-state index contributed by atoms with van der Waals surface area (Å²) in [7, 11) is 0. The molecule has 0 N–H and O–H groups in total. The van der Waals surface area contributed by atoms with E-state index in [9.17, 15) is 9.59 Å². The lowest BCUT2D eigenvalue weighted by Gasteiger charge is -2.14. The summed E-state index contributed by atoms with van der Waals surface area (Å²) >= 11 is 11.7. The topological polar surface area (TPSA) is 52.6 Å². The standard InChI is InChI=1S/C13H14Cl2O4/c1-3-18-13(17)7-11(16)8(2)19-12-5-4-9(14)6-10(12)15/h4-6,8H,3,7H2,1-2H3. The molecule has 0 saturated heterocycles. The summed E-state index contributed by atoms with van der Waals surface area (Å²) in [4.78, 5) is 22.9. The van der Waals surface area contributed by atoms with Gasteiger partial charge < -0.3 is 9.47 Å². The van der Waals surface area contributed by atoms with Crippen LogP contribution in [0.2, 0.25) is 10.0 Å². The van der Waals surface area contributed by atoms with Gasteiger partial charge in [-0.25, -0.2) is 0 Å². The van der Waals surface area contributed by atoms with Gasteiger partial charge in [0.2, 0.25) is 0 Å². The van der Waals surface area contributed by atoms with Crippen LogP contribution in [0.1, 0.15) is 20.3 Å². The van der Waals surface area contributed by atoms with Crippen LogP contribution < -0.4 is 4.74 Å². The van der Waals surface area contributed by atoms with Gasteiger partial charge in [-0.2, -0.15) is 0 Å². The summed E-state index contributed by atoms with van der Waals surface area (Å²) in [5.74, 6) is -0.592. The van der Waals surface area contributed by atoms with Crippen molar-refractivity contribution in [1.29, 1.82) is 0 Å². The Morgan fingerprint density at radius 1 is 1.32 bits per heavy atom. The molecule has 0 aliphatic heterocycles. The number of ether oxygens (including phenoxy) is 2. The van der Waals surface area contributed by atoms with Crippen molar-refractivity contribution in [2.24, 2.45) is 0 Å². The predicted molar refractivity (Wildman–Crippen MR) is 72.8 cm³/mol. The van der Waals surface area contributed by atoms with E-state index < -0.39 is 12.1 Å². The maximum Gasteiger partial charge on any atom is 0.313 e. The molecule has 0 spiro atoms. The van der Waals surface area contributed by atoms with Crippen LogP contribution in [0.4, 0.5) is 0 Å². The van der Waals surface area contributed by atoms with E-state index in [4.69, 9.17) is 32.7 Å². The number of hydrogen-bond acceptors (Lipinski definition) is 4. The van der Waals surface area contributed by atoms with Gasteiger partial charge in [0.25, 0.3) is 0 Å². The van der Waals surface area contributed by atoms with Gasteiger partial charge in [-0.3, -0.25) is 9.59 Å². The maximum absolute atomic E-state index is 11.7. The highest BCUT2D eigenvalue weighted by Gasteiger charge is 2.20. The quantitative estimate of drug-likeness (QED) is 0.598. The summed E-state index contributed by atoms with van der Waals surface area (Å²) in [5, 5.41) is 0.783.